The average molecular weight is 369 g/mol. The molecule has 0 bridgehead atoms. The Balaban J connectivity index is 1.98. The first-order valence-corrected chi connectivity index (χ1v) is 9.85. The highest BCUT2D eigenvalue weighted by Gasteiger charge is 2.32. The van der Waals surface area contributed by atoms with E-state index >= 15 is 0 Å². The number of piperidine rings is 1. The zero-order chi connectivity index (χ0) is 18.6. The van der Waals surface area contributed by atoms with Gasteiger partial charge in [0.1, 0.15) is 5.75 Å². The standard InChI is InChI=1S/C17H27N3O4S/c1-13(2)24-16-8-6-5-7-15(16)18-17(21)14-9-11-20(12-10-14)25(22,23)19(3)4/h5-8,13-14H,9-12H2,1-4H3,(H,18,21). The molecule has 1 aliphatic heterocycles. The molecule has 1 fully saturated rings. The van der Waals surface area contributed by atoms with Crippen molar-refractivity contribution in [1.29, 1.82) is 0 Å². The molecule has 0 saturated carbocycles. The summed E-state index contributed by atoms with van der Waals surface area (Å²) in [5, 5.41) is 2.92. The van der Waals surface area contributed by atoms with E-state index in [4.69, 9.17) is 4.74 Å². The van der Waals surface area contributed by atoms with E-state index in [-0.39, 0.29) is 17.9 Å². The van der Waals surface area contributed by atoms with Crippen LogP contribution in [0.1, 0.15) is 26.7 Å². The maximum absolute atomic E-state index is 12.6. The second-order valence-electron chi connectivity index (χ2n) is 6.62. The molecule has 1 aromatic rings. The Morgan fingerprint density at radius 3 is 2.40 bits per heavy atom. The Hall–Kier alpha value is -1.64. The van der Waals surface area contributed by atoms with Gasteiger partial charge in [0.05, 0.1) is 11.8 Å². The van der Waals surface area contributed by atoms with Crippen molar-refractivity contribution in [2.24, 2.45) is 5.92 Å². The van der Waals surface area contributed by atoms with Crippen molar-refractivity contribution in [3.8, 4) is 5.75 Å². The van der Waals surface area contributed by atoms with E-state index in [1.54, 1.807) is 6.07 Å². The van der Waals surface area contributed by atoms with Crippen LogP contribution in [0.15, 0.2) is 24.3 Å². The Bertz CT molecular complexity index is 696. The first kappa shape index (κ1) is 19.7. The molecule has 0 spiro atoms. The van der Waals surface area contributed by atoms with Crippen LogP contribution in [0, 0.1) is 5.92 Å². The summed E-state index contributed by atoms with van der Waals surface area (Å²) in [5.41, 5.74) is 0.643. The number of nitrogens with zero attached hydrogens (tertiary/aromatic N) is 2. The average Bonchev–Trinajstić information content (AvgIpc) is 2.56. The van der Waals surface area contributed by atoms with Gasteiger partial charge in [0, 0.05) is 33.1 Å². The minimum absolute atomic E-state index is 0.0116. The van der Waals surface area contributed by atoms with Gasteiger partial charge in [0.15, 0.2) is 0 Å². The third-order valence-corrected chi connectivity index (χ3v) is 6.06. The number of ether oxygens (including phenoxy) is 1. The number of amides is 1. The Morgan fingerprint density at radius 2 is 1.84 bits per heavy atom. The van der Waals surface area contributed by atoms with Gasteiger partial charge in [-0.15, -0.1) is 0 Å². The number of hydrogen-bond donors (Lipinski definition) is 1. The monoisotopic (exact) mass is 369 g/mol. The summed E-state index contributed by atoms with van der Waals surface area (Å²) in [6.45, 7) is 4.56. The van der Waals surface area contributed by atoms with E-state index in [0.29, 0.717) is 37.4 Å². The van der Waals surface area contributed by atoms with Gasteiger partial charge in [-0.25, -0.2) is 0 Å². The summed E-state index contributed by atoms with van der Waals surface area (Å²) < 4.78 is 32.6. The summed E-state index contributed by atoms with van der Waals surface area (Å²) in [4.78, 5) is 12.6. The van der Waals surface area contributed by atoms with Gasteiger partial charge >= 0.3 is 0 Å². The lowest BCUT2D eigenvalue weighted by atomic mass is 9.97. The number of nitrogens with one attached hydrogen (secondary N) is 1. The van der Waals surface area contributed by atoms with Crippen molar-refractivity contribution in [2.45, 2.75) is 32.8 Å². The molecule has 1 heterocycles. The summed E-state index contributed by atoms with van der Waals surface area (Å²) in [5.74, 6) is 0.334. The molecule has 0 aromatic heterocycles. The van der Waals surface area contributed by atoms with Crippen molar-refractivity contribution in [2.75, 3.05) is 32.5 Å². The number of carbonyl (C=O) groups is 1. The lowest BCUT2D eigenvalue weighted by molar-refractivity contribution is -0.120. The lowest BCUT2D eigenvalue weighted by Gasteiger charge is -2.32. The van der Waals surface area contributed by atoms with Crippen molar-refractivity contribution >= 4 is 21.8 Å². The van der Waals surface area contributed by atoms with Crippen molar-refractivity contribution in [3.05, 3.63) is 24.3 Å². The zero-order valence-corrected chi connectivity index (χ0v) is 16.0. The number of rotatable bonds is 6. The third-order valence-electron chi connectivity index (χ3n) is 4.12. The first-order chi connectivity index (χ1) is 11.7. The summed E-state index contributed by atoms with van der Waals surface area (Å²) in [6, 6.07) is 7.33. The topological polar surface area (TPSA) is 79.0 Å². The minimum atomic E-state index is -3.41. The Labute approximate surface area is 150 Å². The fraction of sp³-hybridized carbons (Fsp3) is 0.588. The zero-order valence-electron chi connectivity index (χ0n) is 15.2. The van der Waals surface area contributed by atoms with Gasteiger partial charge in [-0.05, 0) is 38.8 Å². The van der Waals surface area contributed by atoms with Gasteiger partial charge < -0.3 is 10.1 Å². The van der Waals surface area contributed by atoms with E-state index in [2.05, 4.69) is 5.32 Å². The molecule has 0 unspecified atom stereocenters. The van der Waals surface area contributed by atoms with Crippen molar-refractivity contribution < 1.29 is 17.9 Å². The summed E-state index contributed by atoms with van der Waals surface area (Å²) in [6.07, 6.45) is 1.02. The maximum Gasteiger partial charge on any atom is 0.281 e. The summed E-state index contributed by atoms with van der Waals surface area (Å²) >= 11 is 0. The van der Waals surface area contributed by atoms with E-state index in [1.165, 1.54) is 22.7 Å². The second kappa shape index (κ2) is 8.16. The van der Waals surface area contributed by atoms with Crippen LogP contribution in [-0.2, 0) is 15.0 Å². The fourth-order valence-corrected chi connectivity index (χ4v) is 3.88. The predicted molar refractivity (Wildman–Crippen MR) is 97.7 cm³/mol. The number of benzene rings is 1. The molecule has 1 N–H and O–H groups in total. The molecule has 7 nitrogen and oxygen atoms in total. The van der Waals surface area contributed by atoms with Crippen LogP contribution in [0.3, 0.4) is 0 Å². The van der Waals surface area contributed by atoms with Crippen LogP contribution in [0.2, 0.25) is 0 Å². The normalized spacial score (nSPS) is 17.0. The Morgan fingerprint density at radius 1 is 1.24 bits per heavy atom. The Kier molecular flexibility index (Phi) is 6.42. The lowest BCUT2D eigenvalue weighted by Crippen LogP contribution is -2.46. The molecule has 1 amide bonds. The fourth-order valence-electron chi connectivity index (χ4n) is 2.74. The van der Waals surface area contributed by atoms with Crippen LogP contribution in [0.25, 0.3) is 0 Å². The van der Waals surface area contributed by atoms with Gasteiger partial charge in [-0.1, -0.05) is 12.1 Å². The number of hydrogen-bond acceptors (Lipinski definition) is 4. The van der Waals surface area contributed by atoms with Crippen LogP contribution < -0.4 is 10.1 Å². The number of anilines is 1. The van der Waals surface area contributed by atoms with E-state index < -0.39 is 10.2 Å². The largest absolute Gasteiger partial charge is 0.489 e. The van der Waals surface area contributed by atoms with Crippen LogP contribution in [0.4, 0.5) is 5.69 Å². The molecule has 1 aliphatic rings. The molecule has 0 atom stereocenters. The molecule has 25 heavy (non-hydrogen) atoms. The highest BCUT2D eigenvalue weighted by Crippen LogP contribution is 2.27. The number of para-hydroxylation sites is 2. The van der Waals surface area contributed by atoms with E-state index in [0.717, 1.165) is 0 Å². The third kappa shape index (κ3) is 4.93. The van der Waals surface area contributed by atoms with E-state index in [9.17, 15) is 13.2 Å². The summed E-state index contributed by atoms with van der Waals surface area (Å²) in [7, 11) is -0.386. The molecule has 1 saturated heterocycles. The SMILES string of the molecule is CC(C)Oc1ccccc1NC(=O)C1CCN(S(=O)(=O)N(C)C)CC1. The van der Waals surface area contributed by atoms with Gasteiger partial charge in [-0.2, -0.15) is 17.0 Å². The quantitative estimate of drug-likeness (QED) is 0.831. The maximum atomic E-state index is 12.6. The molecule has 140 valence electrons. The van der Waals surface area contributed by atoms with Crippen molar-refractivity contribution in [1.82, 2.24) is 8.61 Å². The van der Waals surface area contributed by atoms with Crippen molar-refractivity contribution in [3.63, 3.8) is 0 Å². The van der Waals surface area contributed by atoms with Crippen LogP contribution >= 0.6 is 0 Å². The molecule has 0 radical (unpaired) electrons. The predicted octanol–water partition coefficient (Wildman–Crippen LogP) is 1.93. The second-order valence-corrected chi connectivity index (χ2v) is 8.76. The minimum Gasteiger partial charge on any atom is -0.489 e. The van der Waals surface area contributed by atoms with Crippen LogP contribution in [0.5, 0.6) is 5.75 Å². The van der Waals surface area contributed by atoms with Gasteiger partial charge in [0.25, 0.3) is 10.2 Å². The van der Waals surface area contributed by atoms with Crippen LogP contribution in [-0.4, -0.2) is 56.2 Å². The first-order valence-electron chi connectivity index (χ1n) is 8.46. The number of carbonyl (C=O) groups excluding carboxylic acids is 1. The van der Waals surface area contributed by atoms with Gasteiger partial charge in [-0.3, -0.25) is 4.79 Å². The van der Waals surface area contributed by atoms with Gasteiger partial charge in [0.2, 0.25) is 5.91 Å². The molecular formula is C17H27N3O4S. The molecule has 2 rings (SSSR count). The van der Waals surface area contributed by atoms with E-state index in [1.807, 2.05) is 32.0 Å². The molecule has 8 heteroatoms. The highest BCUT2D eigenvalue weighted by atomic mass is 32.2. The molecule has 1 aromatic carbocycles. The highest BCUT2D eigenvalue weighted by molar-refractivity contribution is 7.86. The smallest absolute Gasteiger partial charge is 0.281 e. The molecular weight excluding hydrogens is 342 g/mol. The molecule has 0 aliphatic carbocycles.